The van der Waals surface area contributed by atoms with Crippen molar-refractivity contribution in [2.45, 2.75) is 30.1 Å². The molecule has 0 bridgehead atoms. The van der Waals surface area contributed by atoms with Crippen molar-refractivity contribution in [3.05, 3.63) is 83.9 Å². The Morgan fingerprint density at radius 2 is 1.45 bits per heavy atom. The van der Waals surface area contributed by atoms with Gasteiger partial charge in [0.05, 0.1) is 9.79 Å². The fraction of sp³-hybridized carbons (Fsp3) is 0.174. The number of carbonyl (C=O) groups excluding carboxylic acids is 1. The lowest BCUT2D eigenvalue weighted by Crippen LogP contribution is -2.28. The Kier molecular flexibility index (Phi) is 7.52. The van der Waals surface area contributed by atoms with Gasteiger partial charge in [0.1, 0.15) is 0 Å². The molecular weight excluding hydrogens is 462 g/mol. The van der Waals surface area contributed by atoms with Crippen LogP contribution in [0.25, 0.3) is 0 Å². The second-order valence-electron chi connectivity index (χ2n) is 7.46. The number of carbonyl (C=O) groups is 1. The van der Waals surface area contributed by atoms with Crippen LogP contribution in [0.3, 0.4) is 0 Å². The Balaban J connectivity index is 1.55. The third-order valence-corrected chi connectivity index (χ3v) is 7.75. The second-order valence-corrected chi connectivity index (χ2v) is 10.9. The molecule has 0 aliphatic carbocycles. The highest BCUT2D eigenvalue weighted by molar-refractivity contribution is 7.92. The number of aryl methyl sites for hydroxylation is 2. The molecule has 0 aliphatic rings. The summed E-state index contributed by atoms with van der Waals surface area (Å²) in [5.74, 6) is -0.406. The fourth-order valence-electron chi connectivity index (χ4n) is 3.03. The highest BCUT2D eigenvalue weighted by Gasteiger charge is 2.17. The van der Waals surface area contributed by atoms with Crippen LogP contribution in [-0.4, -0.2) is 29.3 Å². The van der Waals surface area contributed by atoms with Gasteiger partial charge in [-0.25, -0.2) is 21.6 Å². The van der Waals surface area contributed by atoms with E-state index >= 15 is 0 Å². The lowest BCUT2D eigenvalue weighted by Gasteiger charge is -2.11. The minimum absolute atomic E-state index is 0.0469. The zero-order valence-corrected chi connectivity index (χ0v) is 19.8. The van der Waals surface area contributed by atoms with Gasteiger partial charge < -0.3 is 5.32 Å². The smallest absolute Gasteiger partial charge is 0.261 e. The molecule has 33 heavy (non-hydrogen) atoms. The van der Waals surface area contributed by atoms with E-state index in [1.165, 1.54) is 24.3 Å². The van der Waals surface area contributed by atoms with Crippen molar-refractivity contribution in [1.82, 2.24) is 4.72 Å². The van der Waals surface area contributed by atoms with Gasteiger partial charge >= 0.3 is 0 Å². The molecule has 0 aromatic heterocycles. The van der Waals surface area contributed by atoms with Crippen LogP contribution in [0.4, 0.5) is 11.4 Å². The van der Waals surface area contributed by atoms with Crippen molar-refractivity contribution in [1.29, 1.82) is 0 Å². The number of para-hydroxylation sites is 1. The van der Waals surface area contributed by atoms with Gasteiger partial charge in [-0.1, -0.05) is 30.3 Å². The second kappa shape index (κ2) is 10.2. The van der Waals surface area contributed by atoms with Crippen LogP contribution < -0.4 is 14.8 Å². The maximum atomic E-state index is 12.5. The van der Waals surface area contributed by atoms with E-state index in [1.54, 1.807) is 56.3 Å². The molecule has 8 nitrogen and oxygen atoms in total. The molecule has 3 aromatic carbocycles. The molecule has 0 fully saturated rings. The number of benzene rings is 3. The molecule has 3 aromatic rings. The summed E-state index contributed by atoms with van der Waals surface area (Å²) in [5.41, 5.74) is 2.28. The topological polar surface area (TPSA) is 121 Å². The first-order valence-electron chi connectivity index (χ1n) is 10.1. The maximum absolute atomic E-state index is 12.5. The molecule has 0 saturated heterocycles. The summed E-state index contributed by atoms with van der Waals surface area (Å²) >= 11 is 0. The van der Waals surface area contributed by atoms with Gasteiger partial charge in [-0.2, -0.15) is 0 Å². The van der Waals surface area contributed by atoms with Gasteiger partial charge in [0.2, 0.25) is 15.9 Å². The van der Waals surface area contributed by atoms with Crippen LogP contribution in [0.1, 0.15) is 17.5 Å². The number of sulfonamides is 2. The summed E-state index contributed by atoms with van der Waals surface area (Å²) in [6.07, 6.45) is -0.0836. The lowest BCUT2D eigenvalue weighted by atomic mass is 10.2. The van der Waals surface area contributed by atoms with Crippen molar-refractivity contribution >= 4 is 37.3 Å². The summed E-state index contributed by atoms with van der Waals surface area (Å²) < 4.78 is 54.9. The minimum atomic E-state index is -3.76. The van der Waals surface area contributed by atoms with E-state index in [4.69, 9.17) is 0 Å². The third-order valence-electron chi connectivity index (χ3n) is 4.75. The van der Waals surface area contributed by atoms with Gasteiger partial charge in [0, 0.05) is 24.3 Å². The fourth-order valence-corrected chi connectivity index (χ4v) is 5.45. The average Bonchev–Trinajstić information content (AvgIpc) is 2.76. The predicted molar refractivity (Wildman–Crippen MR) is 128 cm³/mol. The Hall–Kier alpha value is -3.21. The molecule has 174 valence electrons. The molecule has 3 rings (SSSR count). The Bertz CT molecular complexity index is 1340. The Labute approximate surface area is 194 Å². The minimum Gasteiger partial charge on any atom is -0.326 e. The van der Waals surface area contributed by atoms with Crippen LogP contribution in [0.2, 0.25) is 0 Å². The molecule has 0 atom stereocenters. The molecule has 0 heterocycles. The van der Waals surface area contributed by atoms with Crippen LogP contribution in [-0.2, 0) is 24.8 Å². The van der Waals surface area contributed by atoms with Crippen molar-refractivity contribution in [3.8, 4) is 0 Å². The van der Waals surface area contributed by atoms with Crippen molar-refractivity contribution in [2.24, 2.45) is 0 Å². The Morgan fingerprint density at radius 3 is 2.12 bits per heavy atom. The van der Waals surface area contributed by atoms with Crippen LogP contribution in [0.15, 0.2) is 82.6 Å². The number of amides is 1. The van der Waals surface area contributed by atoms with E-state index in [2.05, 4.69) is 14.8 Å². The first kappa shape index (κ1) is 24.4. The maximum Gasteiger partial charge on any atom is 0.261 e. The molecule has 1 amide bonds. The van der Waals surface area contributed by atoms with Gasteiger partial charge in [-0.15, -0.1) is 0 Å². The summed E-state index contributed by atoms with van der Waals surface area (Å²) in [6.45, 7) is 3.44. The van der Waals surface area contributed by atoms with Gasteiger partial charge in [0.25, 0.3) is 10.0 Å². The monoisotopic (exact) mass is 487 g/mol. The first-order valence-corrected chi connectivity index (χ1v) is 13.1. The summed E-state index contributed by atoms with van der Waals surface area (Å²) in [6, 6.07) is 19.3. The first-order chi connectivity index (χ1) is 15.6. The van der Waals surface area contributed by atoms with E-state index < -0.39 is 26.0 Å². The molecule has 10 heteroatoms. The number of rotatable bonds is 9. The SMILES string of the molecule is Cc1ccc(C)c(S(=O)(=O)NCCC(=O)Nc2ccc(S(=O)(=O)Nc3ccccc3)cc2)c1. The predicted octanol–water partition coefficient (Wildman–Crippen LogP) is 3.41. The van der Waals surface area contributed by atoms with Crippen molar-refractivity contribution < 1.29 is 21.6 Å². The number of anilines is 2. The summed E-state index contributed by atoms with van der Waals surface area (Å²) in [7, 11) is -7.50. The highest BCUT2D eigenvalue weighted by atomic mass is 32.2. The zero-order valence-electron chi connectivity index (χ0n) is 18.2. The van der Waals surface area contributed by atoms with Crippen LogP contribution in [0.5, 0.6) is 0 Å². The van der Waals surface area contributed by atoms with E-state index in [0.29, 0.717) is 16.9 Å². The Morgan fingerprint density at radius 1 is 0.788 bits per heavy atom. The number of hydrogen-bond acceptors (Lipinski definition) is 5. The van der Waals surface area contributed by atoms with Crippen LogP contribution in [0, 0.1) is 13.8 Å². The van der Waals surface area contributed by atoms with E-state index in [9.17, 15) is 21.6 Å². The molecule has 3 N–H and O–H groups in total. The van der Waals surface area contributed by atoms with E-state index in [1.807, 2.05) is 6.07 Å². The molecule has 0 aliphatic heterocycles. The van der Waals surface area contributed by atoms with Crippen molar-refractivity contribution in [2.75, 3.05) is 16.6 Å². The molecule has 0 saturated carbocycles. The molecule has 0 spiro atoms. The van der Waals surface area contributed by atoms with Crippen LogP contribution >= 0.6 is 0 Å². The van der Waals surface area contributed by atoms with Crippen molar-refractivity contribution in [3.63, 3.8) is 0 Å². The van der Waals surface area contributed by atoms with E-state index in [-0.39, 0.29) is 22.8 Å². The average molecular weight is 488 g/mol. The molecule has 0 unspecified atom stereocenters. The number of nitrogens with one attached hydrogen (secondary N) is 3. The third kappa shape index (κ3) is 6.64. The summed E-state index contributed by atoms with van der Waals surface area (Å²) in [4.78, 5) is 12.4. The van der Waals surface area contributed by atoms with E-state index in [0.717, 1.165) is 5.56 Å². The lowest BCUT2D eigenvalue weighted by molar-refractivity contribution is -0.116. The highest BCUT2D eigenvalue weighted by Crippen LogP contribution is 2.19. The van der Waals surface area contributed by atoms with Gasteiger partial charge in [-0.3, -0.25) is 9.52 Å². The zero-order chi connectivity index (χ0) is 24.1. The molecular formula is C23H25N3O5S2. The largest absolute Gasteiger partial charge is 0.326 e. The standard InChI is InChI=1S/C23H25N3O5S2/c1-17-8-9-18(2)22(16-17)33(30,31)24-15-14-23(27)25-19-10-12-21(13-11-19)32(28,29)26-20-6-4-3-5-7-20/h3-13,16,24,26H,14-15H2,1-2H3,(H,25,27). The molecule has 0 radical (unpaired) electrons. The summed E-state index contributed by atoms with van der Waals surface area (Å²) in [5, 5.41) is 2.63. The van der Waals surface area contributed by atoms with Gasteiger partial charge in [0.15, 0.2) is 0 Å². The van der Waals surface area contributed by atoms with Gasteiger partial charge in [-0.05, 0) is 67.4 Å². The normalized spacial score (nSPS) is 11.7. The quantitative estimate of drug-likeness (QED) is 0.427. The number of hydrogen-bond donors (Lipinski definition) is 3.